The van der Waals surface area contributed by atoms with Gasteiger partial charge in [0.25, 0.3) is 5.92 Å². The molecule has 1 rings (SSSR count). The van der Waals surface area contributed by atoms with Gasteiger partial charge in [-0.25, -0.2) is 13.8 Å². The SMILES string of the molecule is CC(F)(F)c1ccc(SCC(=O)O)nc1. The van der Waals surface area contributed by atoms with Crippen molar-refractivity contribution in [1.82, 2.24) is 4.98 Å². The summed E-state index contributed by atoms with van der Waals surface area (Å²) in [7, 11) is 0. The predicted octanol–water partition coefficient (Wildman–Crippen LogP) is 2.37. The average Bonchev–Trinajstić information content (AvgIpc) is 2.14. The fourth-order valence-corrected chi connectivity index (χ4v) is 1.42. The van der Waals surface area contributed by atoms with Crippen molar-refractivity contribution < 1.29 is 18.7 Å². The summed E-state index contributed by atoms with van der Waals surface area (Å²) in [4.78, 5) is 14.0. The van der Waals surface area contributed by atoms with Crippen molar-refractivity contribution in [3.63, 3.8) is 0 Å². The smallest absolute Gasteiger partial charge is 0.313 e. The summed E-state index contributed by atoms with van der Waals surface area (Å²) in [6, 6.07) is 2.64. The highest BCUT2D eigenvalue weighted by atomic mass is 32.2. The van der Waals surface area contributed by atoms with Gasteiger partial charge in [0.2, 0.25) is 0 Å². The van der Waals surface area contributed by atoms with Crippen LogP contribution >= 0.6 is 11.8 Å². The van der Waals surface area contributed by atoms with Crippen molar-refractivity contribution in [1.29, 1.82) is 0 Å². The second kappa shape index (κ2) is 4.57. The Labute approximate surface area is 89.5 Å². The molecule has 1 aromatic rings. The summed E-state index contributed by atoms with van der Waals surface area (Å²) < 4.78 is 25.5. The van der Waals surface area contributed by atoms with Crippen molar-refractivity contribution in [2.45, 2.75) is 17.9 Å². The summed E-state index contributed by atoms with van der Waals surface area (Å²) in [6.45, 7) is 0.786. The number of rotatable bonds is 4. The van der Waals surface area contributed by atoms with Crippen LogP contribution < -0.4 is 0 Å². The molecule has 3 nitrogen and oxygen atoms in total. The molecule has 0 aliphatic carbocycles. The van der Waals surface area contributed by atoms with E-state index in [1.165, 1.54) is 12.1 Å². The van der Waals surface area contributed by atoms with E-state index in [4.69, 9.17) is 5.11 Å². The maximum Gasteiger partial charge on any atom is 0.313 e. The number of carboxylic acid groups (broad SMARTS) is 1. The lowest BCUT2D eigenvalue weighted by molar-refractivity contribution is -0.133. The highest BCUT2D eigenvalue weighted by Crippen LogP contribution is 2.27. The molecule has 1 N–H and O–H groups in total. The highest BCUT2D eigenvalue weighted by Gasteiger charge is 2.24. The summed E-state index contributed by atoms with van der Waals surface area (Å²) in [6.07, 6.45) is 1.06. The van der Waals surface area contributed by atoms with Crippen molar-refractivity contribution in [2.75, 3.05) is 5.75 Å². The van der Waals surface area contributed by atoms with Gasteiger partial charge in [-0.05, 0) is 12.1 Å². The van der Waals surface area contributed by atoms with E-state index in [-0.39, 0.29) is 11.3 Å². The Hall–Kier alpha value is -1.17. The first-order valence-corrected chi connectivity index (χ1v) is 5.07. The number of thioether (sulfide) groups is 1. The summed E-state index contributed by atoms with van der Waals surface area (Å²) >= 11 is 0.992. The standard InChI is InChI=1S/C9H9F2NO2S/c1-9(10,11)6-2-3-7(12-4-6)15-5-8(13)14/h2-4H,5H2,1H3,(H,13,14). The average molecular weight is 233 g/mol. The van der Waals surface area contributed by atoms with Crippen molar-refractivity contribution in [3.05, 3.63) is 23.9 Å². The monoisotopic (exact) mass is 233 g/mol. The number of aromatic nitrogens is 1. The third-order valence-electron chi connectivity index (χ3n) is 1.59. The van der Waals surface area contributed by atoms with Gasteiger partial charge in [-0.2, -0.15) is 0 Å². The molecule has 0 bridgehead atoms. The molecule has 0 aromatic carbocycles. The normalized spacial score (nSPS) is 11.4. The number of carbonyl (C=O) groups is 1. The maximum absolute atomic E-state index is 12.8. The van der Waals surface area contributed by atoms with Crippen LogP contribution in [0.3, 0.4) is 0 Å². The lowest BCUT2D eigenvalue weighted by Gasteiger charge is -2.09. The highest BCUT2D eigenvalue weighted by molar-refractivity contribution is 7.99. The Morgan fingerprint density at radius 1 is 1.60 bits per heavy atom. The molecule has 15 heavy (non-hydrogen) atoms. The first-order chi connectivity index (χ1) is 6.89. The number of nitrogens with zero attached hydrogens (tertiary/aromatic N) is 1. The molecule has 0 saturated carbocycles. The molecule has 0 spiro atoms. The third kappa shape index (κ3) is 3.83. The van der Waals surface area contributed by atoms with Crippen LogP contribution in [0.4, 0.5) is 8.78 Å². The number of hydrogen-bond acceptors (Lipinski definition) is 3. The molecule has 0 aliphatic heterocycles. The van der Waals surface area contributed by atoms with Crippen LogP contribution in [-0.4, -0.2) is 21.8 Å². The third-order valence-corrected chi connectivity index (χ3v) is 2.52. The first-order valence-electron chi connectivity index (χ1n) is 4.08. The van der Waals surface area contributed by atoms with E-state index in [2.05, 4.69) is 4.98 Å². The van der Waals surface area contributed by atoms with Gasteiger partial charge in [-0.15, -0.1) is 0 Å². The van der Waals surface area contributed by atoms with Gasteiger partial charge in [0, 0.05) is 18.7 Å². The van der Waals surface area contributed by atoms with Crippen LogP contribution in [0.15, 0.2) is 23.4 Å². The molecule has 0 fully saturated rings. The van der Waals surface area contributed by atoms with Crippen LogP contribution in [0.2, 0.25) is 0 Å². The minimum absolute atomic E-state index is 0.130. The minimum atomic E-state index is -2.91. The zero-order valence-corrected chi connectivity index (χ0v) is 8.72. The van der Waals surface area contributed by atoms with Crippen molar-refractivity contribution >= 4 is 17.7 Å². The van der Waals surface area contributed by atoms with E-state index in [0.717, 1.165) is 24.9 Å². The van der Waals surface area contributed by atoms with Crippen LogP contribution in [0.25, 0.3) is 0 Å². The molecular weight excluding hydrogens is 224 g/mol. The molecular formula is C9H9F2NO2S. The minimum Gasteiger partial charge on any atom is -0.481 e. The molecule has 6 heteroatoms. The van der Waals surface area contributed by atoms with Gasteiger partial charge in [-0.3, -0.25) is 4.79 Å². The predicted molar refractivity (Wildman–Crippen MR) is 52.2 cm³/mol. The lowest BCUT2D eigenvalue weighted by Crippen LogP contribution is -2.07. The maximum atomic E-state index is 12.8. The zero-order chi connectivity index (χ0) is 11.5. The van der Waals surface area contributed by atoms with E-state index in [1.807, 2.05) is 0 Å². The molecule has 0 unspecified atom stereocenters. The van der Waals surface area contributed by atoms with E-state index in [1.54, 1.807) is 0 Å². The molecule has 1 heterocycles. The van der Waals surface area contributed by atoms with E-state index in [9.17, 15) is 13.6 Å². The Balaban J connectivity index is 2.69. The van der Waals surface area contributed by atoms with E-state index < -0.39 is 11.9 Å². The summed E-state index contributed by atoms with van der Waals surface area (Å²) in [5.41, 5.74) is -0.179. The molecule has 0 radical (unpaired) electrons. The van der Waals surface area contributed by atoms with Gasteiger partial charge in [0.15, 0.2) is 0 Å². The number of hydrogen-bond donors (Lipinski definition) is 1. The van der Waals surface area contributed by atoms with E-state index >= 15 is 0 Å². The fraction of sp³-hybridized carbons (Fsp3) is 0.333. The Bertz CT molecular complexity index is 348. The lowest BCUT2D eigenvalue weighted by atomic mass is 10.2. The van der Waals surface area contributed by atoms with Crippen molar-refractivity contribution in [2.24, 2.45) is 0 Å². The van der Waals surface area contributed by atoms with Crippen molar-refractivity contribution in [3.8, 4) is 0 Å². The second-order valence-electron chi connectivity index (χ2n) is 2.96. The number of pyridine rings is 1. The number of carboxylic acids is 1. The molecule has 82 valence electrons. The van der Waals surface area contributed by atoms with Crippen LogP contribution in [0.5, 0.6) is 0 Å². The Morgan fingerprint density at radius 2 is 2.27 bits per heavy atom. The topological polar surface area (TPSA) is 50.2 Å². The van der Waals surface area contributed by atoms with Gasteiger partial charge in [0.05, 0.1) is 10.8 Å². The van der Waals surface area contributed by atoms with Crippen LogP contribution in [0, 0.1) is 0 Å². The Kier molecular flexibility index (Phi) is 3.62. The zero-order valence-electron chi connectivity index (χ0n) is 7.91. The number of alkyl halides is 2. The second-order valence-corrected chi connectivity index (χ2v) is 3.95. The number of halogens is 2. The van der Waals surface area contributed by atoms with Gasteiger partial charge in [-0.1, -0.05) is 11.8 Å². The molecule has 1 aromatic heterocycles. The summed E-state index contributed by atoms with van der Waals surface area (Å²) in [5, 5.41) is 8.81. The molecule has 0 aliphatic rings. The number of aliphatic carboxylic acids is 1. The molecule has 0 atom stereocenters. The van der Waals surface area contributed by atoms with Gasteiger partial charge < -0.3 is 5.11 Å². The summed E-state index contributed by atoms with van der Waals surface area (Å²) in [5.74, 6) is -4.01. The quantitative estimate of drug-likeness (QED) is 0.811. The first kappa shape index (κ1) is 11.9. The largest absolute Gasteiger partial charge is 0.481 e. The molecule has 0 amide bonds. The molecule has 0 saturated heterocycles. The van der Waals surface area contributed by atoms with Crippen LogP contribution in [0.1, 0.15) is 12.5 Å². The Morgan fingerprint density at radius 3 is 2.67 bits per heavy atom. The van der Waals surface area contributed by atoms with Crippen LogP contribution in [-0.2, 0) is 10.7 Å². The fourth-order valence-electron chi connectivity index (χ4n) is 0.861. The van der Waals surface area contributed by atoms with E-state index in [0.29, 0.717) is 5.03 Å². The van der Waals surface area contributed by atoms with Gasteiger partial charge in [0.1, 0.15) is 0 Å². The van der Waals surface area contributed by atoms with Gasteiger partial charge >= 0.3 is 5.97 Å².